The van der Waals surface area contributed by atoms with E-state index in [9.17, 15) is 9.90 Å². The zero-order valence-corrected chi connectivity index (χ0v) is 11.5. The number of aliphatic hydroxyl groups is 1. The Labute approximate surface area is 96.7 Å². The Hall–Kier alpha value is 1.03. The molecule has 2 N–H and O–H groups in total. The summed E-state index contributed by atoms with van der Waals surface area (Å²) in [5.41, 5.74) is -1.65. The Morgan fingerprint density at radius 2 is 1.92 bits per heavy atom. The van der Waals surface area contributed by atoms with E-state index in [0.717, 1.165) is 0 Å². The minimum absolute atomic E-state index is 0.380. The number of hydrogen-bond donors (Lipinski definition) is 2. The topological polar surface area (TPSA) is 49.3 Å². The summed E-state index contributed by atoms with van der Waals surface area (Å²) >= 11 is 9.31. The van der Waals surface area contributed by atoms with Crippen molar-refractivity contribution in [1.82, 2.24) is 5.32 Å². The van der Waals surface area contributed by atoms with Crippen molar-refractivity contribution in [3.8, 4) is 0 Å². The standard InChI is InChI=1S/C6H10Br3NO2/c1-3-10-5(12,4(2)11)6(7,8)9/h10,12H,3H2,1-2H3. The van der Waals surface area contributed by atoms with Gasteiger partial charge in [-0.15, -0.1) is 0 Å². The van der Waals surface area contributed by atoms with E-state index in [0.29, 0.717) is 6.54 Å². The molecule has 0 aliphatic rings. The highest BCUT2D eigenvalue weighted by Gasteiger charge is 2.49. The first-order valence-corrected chi connectivity index (χ1v) is 5.68. The fourth-order valence-corrected chi connectivity index (χ4v) is 1.94. The molecule has 0 aromatic heterocycles. The number of alkyl halides is 3. The van der Waals surface area contributed by atoms with E-state index in [1.165, 1.54) is 6.92 Å². The number of nitrogens with one attached hydrogen (secondary N) is 1. The summed E-state index contributed by atoms with van der Waals surface area (Å²) in [7, 11) is 0. The second-order valence-corrected chi connectivity index (χ2v) is 9.06. The van der Waals surface area contributed by atoms with Crippen molar-refractivity contribution < 1.29 is 9.90 Å². The molecule has 6 heteroatoms. The molecule has 0 saturated heterocycles. The molecule has 0 amide bonds. The Balaban J connectivity index is 4.75. The van der Waals surface area contributed by atoms with Crippen LogP contribution in [0.1, 0.15) is 13.8 Å². The van der Waals surface area contributed by atoms with Crippen molar-refractivity contribution in [3.63, 3.8) is 0 Å². The zero-order chi connectivity index (χ0) is 9.99. The lowest BCUT2D eigenvalue weighted by atomic mass is 10.2. The molecule has 12 heavy (non-hydrogen) atoms. The van der Waals surface area contributed by atoms with Gasteiger partial charge in [0.1, 0.15) is 0 Å². The summed E-state index contributed by atoms with van der Waals surface area (Å²) < 4.78 is -1.04. The number of rotatable bonds is 3. The third-order valence-electron chi connectivity index (χ3n) is 1.35. The van der Waals surface area contributed by atoms with Crippen LogP contribution in [0, 0.1) is 0 Å². The van der Waals surface area contributed by atoms with E-state index in [1.807, 2.05) is 0 Å². The van der Waals surface area contributed by atoms with E-state index < -0.39 is 7.87 Å². The Morgan fingerprint density at radius 3 is 2.00 bits per heavy atom. The zero-order valence-electron chi connectivity index (χ0n) is 6.70. The van der Waals surface area contributed by atoms with Gasteiger partial charge in [-0.2, -0.15) is 0 Å². The molecule has 0 rings (SSSR count). The van der Waals surface area contributed by atoms with E-state index in [1.54, 1.807) is 6.92 Å². The largest absolute Gasteiger partial charge is 0.366 e. The van der Waals surface area contributed by atoms with Crippen LogP contribution in [0.3, 0.4) is 0 Å². The van der Waals surface area contributed by atoms with E-state index in [2.05, 4.69) is 53.1 Å². The van der Waals surface area contributed by atoms with Gasteiger partial charge in [-0.05, 0) is 13.5 Å². The van der Waals surface area contributed by atoms with Crippen LogP contribution in [0.25, 0.3) is 0 Å². The number of carbonyl (C=O) groups is 1. The molecule has 1 unspecified atom stereocenters. The maximum Gasteiger partial charge on any atom is 0.211 e. The average Bonchev–Trinajstić information content (AvgIpc) is 1.85. The molecule has 0 aliphatic heterocycles. The van der Waals surface area contributed by atoms with Gasteiger partial charge in [0.25, 0.3) is 0 Å². The summed E-state index contributed by atoms with van der Waals surface area (Å²) in [5.74, 6) is -0.380. The number of ketones is 1. The molecule has 0 heterocycles. The summed E-state index contributed by atoms with van der Waals surface area (Å²) in [6.45, 7) is 3.59. The highest BCUT2D eigenvalue weighted by atomic mass is 80.0. The fraction of sp³-hybridized carbons (Fsp3) is 0.833. The average molecular weight is 368 g/mol. The Kier molecular flexibility index (Phi) is 4.89. The summed E-state index contributed by atoms with van der Waals surface area (Å²) in [5, 5.41) is 12.5. The molecular weight excluding hydrogens is 358 g/mol. The van der Waals surface area contributed by atoms with Crippen molar-refractivity contribution in [2.24, 2.45) is 0 Å². The van der Waals surface area contributed by atoms with Crippen LogP contribution in [0.5, 0.6) is 0 Å². The van der Waals surface area contributed by atoms with Crippen molar-refractivity contribution in [1.29, 1.82) is 0 Å². The van der Waals surface area contributed by atoms with Crippen LogP contribution in [-0.2, 0) is 4.79 Å². The quantitative estimate of drug-likeness (QED) is 0.590. The normalized spacial score (nSPS) is 17.2. The molecule has 1 atom stereocenters. The van der Waals surface area contributed by atoms with Crippen LogP contribution in [0.4, 0.5) is 0 Å². The van der Waals surface area contributed by atoms with Crippen LogP contribution in [0.15, 0.2) is 0 Å². The van der Waals surface area contributed by atoms with E-state index >= 15 is 0 Å². The number of likely N-dealkylation sites (N-methyl/N-ethyl adjacent to an activating group) is 1. The van der Waals surface area contributed by atoms with E-state index in [-0.39, 0.29) is 5.78 Å². The molecule has 0 bridgehead atoms. The number of hydrogen-bond acceptors (Lipinski definition) is 3. The molecule has 0 aromatic rings. The highest BCUT2D eigenvalue weighted by Crippen LogP contribution is 2.42. The summed E-state index contributed by atoms with van der Waals surface area (Å²) in [6.07, 6.45) is 0. The molecule has 0 radical (unpaired) electrons. The van der Waals surface area contributed by atoms with Gasteiger partial charge < -0.3 is 5.11 Å². The van der Waals surface area contributed by atoms with Crippen molar-refractivity contribution in [2.45, 2.75) is 21.7 Å². The van der Waals surface area contributed by atoms with Crippen molar-refractivity contribution in [3.05, 3.63) is 0 Å². The second-order valence-electron chi connectivity index (χ2n) is 2.29. The number of Topliss-reactive ketones (excluding diaryl/α,β-unsaturated/α-hetero) is 1. The lowest BCUT2D eigenvalue weighted by molar-refractivity contribution is -0.136. The number of halogens is 3. The first-order chi connectivity index (χ1) is 5.25. The maximum atomic E-state index is 11.1. The summed E-state index contributed by atoms with van der Waals surface area (Å²) in [6, 6.07) is 0. The minimum atomic E-state index is -1.65. The molecule has 0 saturated carbocycles. The third kappa shape index (κ3) is 2.77. The van der Waals surface area contributed by atoms with Crippen LogP contribution >= 0.6 is 47.8 Å². The highest BCUT2D eigenvalue weighted by molar-refractivity contribution is 9.39. The lowest BCUT2D eigenvalue weighted by Gasteiger charge is -2.33. The first kappa shape index (κ1) is 13.0. The second kappa shape index (κ2) is 4.50. The molecule has 0 spiro atoms. The number of carbonyl (C=O) groups excluding carboxylic acids is 1. The van der Waals surface area contributed by atoms with Gasteiger partial charge in [0, 0.05) is 0 Å². The van der Waals surface area contributed by atoms with Gasteiger partial charge in [-0.3, -0.25) is 10.1 Å². The maximum absolute atomic E-state index is 11.1. The lowest BCUT2D eigenvalue weighted by Crippen LogP contribution is -2.59. The smallest absolute Gasteiger partial charge is 0.211 e. The minimum Gasteiger partial charge on any atom is -0.366 e. The van der Waals surface area contributed by atoms with Gasteiger partial charge in [-0.25, -0.2) is 0 Å². The van der Waals surface area contributed by atoms with Gasteiger partial charge in [0.15, 0.2) is 7.93 Å². The SMILES string of the molecule is CCNC(O)(C(C)=O)C(Br)(Br)Br. The monoisotopic (exact) mass is 365 g/mol. The molecular formula is C6H10Br3NO2. The van der Waals surface area contributed by atoms with Crippen LogP contribution in [-0.4, -0.2) is 25.3 Å². The van der Waals surface area contributed by atoms with Crippen LogP contribution in [0.2, 0.25) is 0 Å². The van der Waals surface area contributed by atoms with Crippen molar-refractivity contribution in [2.75, 3.05) is 6.54 Å². The van der Waals surface area contributed by atoms with Gasteiger partial charge >= 0.3 is 0 Å². The molecule has 0 aromatic carbocycles. The Morgan fingerprint density at radius 1 is 1.50 bits per heavy atom. The van der Waals surface area contributed by atoms with Gasteiger partial charge in [0.05, 0.1) is 0 Å². The van der Waals surface area contributed by atoms with Crippen molar-refractivity contribution >= 4 is 53.6 Å². The fourth-order valence-electron chi connectivity index (χ4n) is 0.680. The molecule has 0 aliphatic carbocycles. The van der Waals surface area contributed by atoms with Crippen LogP contribution < -0.4 is 5.32 Å². The molecule has 3 nitrogen and oxygen atoms in total. The van der Waals surface area contributed by atoms with Gasteiger partial charge in [0.2, 0.25) is 5.72 Å². The third-order valence-corrected chi connectivity index (χ3v) is 3.07. The predicted octanol–water partition coefficient (Wildman–Crippen LogP) is 1.71. The van der Waals surface area contributed by atoms with Gasteiger partial charge in [-0.1, -0.05) is 54.7 Å². The first-order valence-electron chi connectivity index (χ1n) is 3.31. The van der Waals surface area contributed by atoms with E-state index in [4.69, 9.17) is 0 Å². The molecule has 72 valence electrons. The molecule has 0 fully saturated rings. The Bertz CT molecular complexity index is 180. The summed E-state index contributed by atoms with van der Waals surface area (Å²) in [4.78, 5) is 11.1. The predicted molar refractivity (Wildman–Crippen MR) is 58.8 cm³/mol.